The summed E-state index contributed by atoms with van der Waals surface area (Å²) in [6.45, 7) is -0.405. The summed E-state index contributed by atoms with van der Waals surface area (Å²) < 4.78 is 10.2. The average Bonchev–Trinajstić information content (AvgIpc) is 2.80. The van der Waals surface area contributed by atoms with Gasteiger partial charge in [-0.05, 0) is 30.3 Å². The molecule has 116 valence electrons. The maximum atomic E-state index is 12.3. The quantitative estimate of drug-likeness (QED) is 0.639. The first-order valence-electron chi connectivity index (χ1n) is 6.90. The van der Waals surface area contributed by atoms with Gasteiger partial charge in [0, 0.05) is 0 Å². The number of imide groups is 1. The summed E-state index contributed by atoms with van der Waals surface area (Å²) in [7, 11) is 1.20. The highest BCUT2D eigenvalue weighted by Gasteiger charge is 2.37. The van der Waals surface area contributed by atoms with Crippen LogP contribution in [0.15, 0.2) is 48.5 Å². The normalized spacial score (nSPS) is 13.0. The van der Waals surface area contributed by atoms with E-state index in [4.69, 9.17) is 4.74 Å². The Balaban J connectivity index is 1.86. The highest BCUT2D eigenvalue weighted by molar-refractivity contribution is 6.22. The first-order valence-corrected chi connectivity index (χ1v) is 6.90. The van der Waals surface area contributed by atoms with E-state index in [1.165, 1.54) is 19.2 Å². The molecule has 0 aromatic heterocycles. The molecule has 0 spiro atoms. The molecule has 0 atom stereocenters. The van der Waals surface area contributed by atoms with Crippen LogP contribution in [-0.4, -0.2) is 36.3 Å². The molecule has 2 aromatic rings. The number of ether oxygens (including phenoxy) is 2. The Morgan fingerprint density at radius 1 is 0.957 bits per heavy atom. The molecule has 0 bridgehead atoms. The summed E-state index contributed by atoms with van der Waals surface area (Å²) in [6, 6.07) is 13.7. The van der Waals surface area contributed by atoms with Crippen LogP contribution < -0.4 is 4.74 Å². The van der Waals surface area contributed by atoms with Gasteiger partial charge in [-0.1, -0.05) is 18.2 Å². The van der Waals surface area contributed by atoms with E-state index in [1.54, 1.807) is 18.2 Å². The number of methoxy groups -OCH3 is 1. The van der Waals surface area contributed by atoms with Gasteiger partial charge in [0.2, 0.25) is 0 Å². The van der Waals surface area contributed by atoms with Crippen LogP contribution in [0.4, 0.5) is 0 Å². The highest BCUT2D eigenvalue weighted by atomic mass is 16.5. The number of nitrogens with zero attached hydrogens (tertiary/aromatic N) is 1. The van der Waals surface area contributed by atoms with Crippen molar-refractivity contribution in [2.24, 2.45) is 0 Å². The van der Waals surface area contributed by atoms with E-state index in [-0.39, 0.29) is 11.1 Å². The fourth-order valence-electron chi connectivity index (χ4n) is 2.30. The van der Waals surface area contributed by atoms with Gasteiger partial charge in [0.25, 0.3) is 11.8 Å². The highest BCUT2D eigenvalue weighted by Crippen LogP contribution is 2.29. The van der Waals surface area contributed by atoms with Gasteiger partial charge >= 0.3 is 5.97 Å². The van der Waals surface area contributed by atoms with Crippen molar-refractivity contribution in [1.82, 2.24) is 4.90 Å². The fourth-order valence-corrected chi connectivity index (χ4v) is 2.30. The number of rotatable bonds is 4. The maximum absolute atomic E-state index is 12.3. The van der Waals surface area contributed by atoms with Crippen LogP contribution >= 0.6 is 0 Å². The summed E-state index contributed by atoms with van der Waals surface area (Å²) in [5.41, 5.74) is 0.464. The Morgan fingerprint density at radius 2 is 1.65 bits per heavy atom. The summed E-state index contributed by atoms with van der Waals surface area (Å²) in [6.07, 6.45) is 0. The average molecular weight is 311 g/mol. The van der Waals surface area contributed by atoms with E-state index in [0.717, 1.165) is 4.90 Å². The van der Waals surface area contributed by atoms with Gasteiger partial charge in [-0.15, -0.1) is 0 Å². The third kappa shape index (κ3) is 2.78. The molecule has 1 heterocycles. The topological polar surface area (TPSA) is 72.9 Å². The lowest BCUT2D eigenvalue weighted by Gasteiger charge is -2.11. The Labute approximate surface area is 132 Å². The predicted octanol–water partition coefficient (Wildman–Crippen LogP) is 2.25. The van der Waals surface area contributed by atoms with Crippen LogP contribution in [0.25, 0.3) is 0 Å². The van der Waals surface area contributed by atoms with E-state index < -0.39 is 24.3 Å². The Kier molecular flexibility index (Phi) is 3.80. The minimum Gasteiger partial charge on any atom is -0.468 e. The standard InChI is InChI=1S/C17H13NO5/c1-22-15(19)10-18-16(20)13-8-7-12(9-14(13)17(18)21)23-11-5-3-2-4-6-11/h2-9H,10H2,1H3. The van der Waals surface area contributed by atoms with Crippen LogP contribution in [-0.2, 0) is 9.53 Å². The zero-order valence-electron chi connectivity index (χ0n) is 12.3. The number of fused-ring (bicyclic) bond motifs is 1. The Morgan fingerprint density at radius 3 is 2.35 bits per heavy atom. The minimum absolute atomic E-state index is 0.215. The van der Waals surface area contributed by atoms with Crippen molar-refractivity contribution in [3.05, 3.63) is 59.7 Å². The molecule has 2 amide bonds. The zero-order valence-corrected chi connectivity index (χ0v) is 12.3. The molecule has 0 saturated heterocycles. The predicted molar refractivity (Wildman–Crippen MR) is 80.3 cm³/mol. The lowest BCUT2D eigenvalue weighted by atomic mass is 10.1. The van der Waals surface area contributed by atoms with Gasteiger partial charge in [0.05, 0.1) is 18.2 Å². The van der Waals surface area contributed by atoms with Crippen LogP contribution in [0.5, 0.6) is 11.5 Å². The van der Waals surface area contributed by atoms with Gasteiger partial charge in [-0.25, -0.2) is 0 Å². The second-order valence-electron chi connectivity index (χ2n) is 4.90. The van der Waals surface area contributed by atoms with Crippen LogP contribution in [0.3, 0.4) is 0 Å². The second-order valence-corrected chi connectivity index (χ2v) is 4.90. The summed E-state index contributed by atoms with van der Waals surface area (Å²) in [4.78, 5) is 36.7. The first-order chi connectivity index (χ1) is 11.1. The number of hydrogen-bond acceptors (Lipinski definition) is 5. The van der Waals surface area contributed by atoms with Crippen LogP contribution in [0.2, 0.25) is 0 Å². The second kappa shape index (κ2) is 5.92. The maximum Gasteiger partial charge on any atom is 0.325 e. The molecule has 0 aliphatic carbocycles. The number of amides is 2. The van der Waals surface area contributed by atoms with Crippen molar-refractivity contribution in [1.29, 1.82) is 0 Å². The number of esters is 1. The van der Waals surface area contributed by atoms with Crippen molar-refractivity contribution in [3.8, 4) is 11.5 Å². The number of para-hydroxylation sites is 1. The number of benzene rings is 2. The third-order valence-electron chi connectivity index (χ3n) is 3.44. The fraction of sp³-hybridized carbons (Fsp3) is 0.118. The van der Waals surface area contributed by atoms with Crippen molar-refractivity contribution < 1.29 is 23.9 Å². The molecule has 23 heavy (non-hydrogen) atoms. The molecular formula is C17H13NO5. The summed E-state index contributed by atoms with van der Waals surface area (Å²) >= 11 is 0. The van der Waals surface area contributed by atoms with E-state index in [2.05, 4.69) is 4.74 Å². The van der Waals surface area contributed by atoms with Gasteiger partial charge in [0.1, 0.15) is 18.0 Å². The largest absolute Gasteiger partial charge is 0.468 e. The zero-order chi connectivity index (χ0) is 16.4. The number of carbonyl (C=O) groups excluding carboxylic acids is 3. The van der Waals surface area contributed by atoms with Gasteiger partial charge in [0.15, 0.2) is 0 Å². The van der Waals surface area contributed by atoms with Crippen LogP contribution in [0, 0.1) is 0 Å². The Hall–Kier alpha value is -3.15. The number of hydrogen-bond donors (Lipinski definition) is 0. The SMILES string of the molecule is COC(=O)CN1C(=O)c2ccc(Oc3ccccc3)cc2C1=O. The molecule has 0 N–H and O–H groups in total. The van der Waals surface area contributed by atoms with Gasteiger partial charge < -0.3 is 9.47 Å². The molecule has 6 heteroatoms. The van der Waals surface area contributed by atoms with E-state index in [9.17, 15) is 14.4 Å². The van der Waals surface area contributed by atoms with Gasteiger partial charge in [-0.2, -0.15) is 0 Å². The molecular weight excluding hydrogens is 298 g/mol. The van der Waals surface area contributed by atoms with Crippen molar-refractivity contribution in [2.45, 2.75) is 0 Å². The Bertz CT molecular complexity index is 785. The molecule has 6 nitrogen and oxygen atoms in total. The molecule has 3 rings (SSSR count). The van der Waals surface area contributed by atoms with Crippen molar-refractivity contribution >= 4 is 17.8 Å². The van der Waals surface area contributed by atoms with Gasteiger partial charge in [-0.3, -0.25) is 19.3 Å². The minimum atomic E-state index is -0.653. The van der Waals surface area contributed by atoms with E-state index in [1.807, 2.05) is 18.2 Å². The molecule has 0 radical (unpaired) electrons. The molecule has 1 aliphatic heterocycles. The lowest BCUT2D eigenvalue weighted by molar-refractivity contribution is -0.140. The summed E-state index contributed by atoms with van der Waals surface area (Å²) in [5.74, 6) is -0.637. The van der Waals surface area contributed by atoms with Crippen LogP contribution in [0.1, 0.15) is 20.7 Å². The smallest absolute Gasteiger partial charge is 0.325 e. The lowest BCUT2D eigenvalue weighted by Crippen LogP contribution is -2.35. The monoisotopic (exact) mass is 311 g/mol. The van der Waals surface area contributed by atoms with Crippen molar-refractivity contribution in [2.75, 3.05) is 13.7 Å². The molecule has 0 saturated carbocycles. The molecule has 1 aliphatic rings. The summed E-state index contributed by atoms with van der Waals surface area (Å²) in [5, 5.41) is 0. The van der Waals surface area contributed by atoms with Crippen molar-refractivity contribution in [3.63, 3.8) is 0 Å². The molecule has 2 aromatic carbocycles. The number of carbonyl (C=O) groups is 3. The van der Waals surface area contributed by atoms with E-state index >= 15 is 0 Å². The third-order valence-corrected chi connectivity index (χ3v) is 3.44. The van der Waals surface area contributed by atoms with E-state index in [0.29, 0.717) is 11.5 Å². The molecule has 0 fully saturated rings. The first kappa shape index (κ1) is 14.8. The molecule has 0 unspecified atom stereocenters.